The summed E-state index contributed by atoms with van der Waals surface area (Å²) in [5.41, 5.74) is 2.28. The van der Waals surface area contributed by atoms with Crippen molar-refractivity contribution in [3.05, 3.63) is 96.3 Å². The first-order valence-corrected chi connectivity index (χ1v) is 8.80. The van der Waals surface area contributed by atoms with Gasteiger partial charge in [0, 0.05) is 17.7 Å². The first-order valence-electron chi connectivity index (χ1n) is 8.80. The van der Waals surface area contributed by atoms with Gasteiger partial charge in [0.2, 0.25) is 0 Å². The van der Waals surface area contributed by atoms with Crippen LogP contribution in [0.3, 0.4) is 0 Å². The summed E-state index contributed by atoms with van der Waals surface area (Å²) in [4.78, 5) is 12.6. The first kappa shape index (κ1) is 17.1. The van der Waals surface area contributed by atoms with Gasteiger partial charge < -0.3 is 14.8 Å². The highest BCUT2D eigenvalue weighted by atomic mass is 16.3. The van der Waals surface area contributed by atoms with E-state index in [1.54, 1.807) is 12.3 Å². The summed E-state index contributed by atoms with van der Waals surface area (Å²) in [6.07, 6.45) is 0.843. The van der Waals surface area contributed by atoms with Crippen LogP contribution in [-0.4, -0.2) is 17.6 Å². The highest BCUT2D eigenvalue weighted by molar-refractivity contribution is 6.07. The fourth-order valence-corrected chi connectivity index (χ4v) is 3.14. The Labute approximate surface area is 157 Å². The van der Waals surface area contributed by atoms with Crippen LogP contribution in [-0.2, 0) is 0 Å². The highest BCUT2D eigenvalue weighted by Gasteiger charge is 2.13. The predicted octanol–water partition coefficient (Wildman–Crippen LogP) is 4.56. The number of carbonyl (C=O) groups excluding carboxylic acids is 1. The van der Waals surface area contributed by atoms with Crippen molar-refractivity contribution in [2.45, 2.75) is 6.10 Å². The molecule has 1 atom stereocenters. The maximum atomic E-state index is 12.6. The number of aliphatic hydroxyl groups excluding tert-OH is 1. The molecular formula is C23H19NO3. The molecule has 0 saturated carbocycles. The van der Waals surface area contributed by atoms with E-state index < -0.39 is 6.10 Å². The second kappa shape index (κ2) is 7.48. The number of nitrogens with one attached hydrogen (secondary N) is 1. The number of aliphatic hydroxyl groups is 1. The average molecular weight is 357 g/mol. The van der Waals surface area contributed by atoms with Crippen LogP contribution < -0.4 is 5.32 Å². The van der Waals surface area contributed by atoms with Gasteiger partial charge >= 0.3 is 0 Å². The molecule has 3 aromatic carbocycles. The molecule has 0 aliphatic heterocycles. The zero-order valence-corrected chi connectivity index (χ0v) is 14.6. The minimum Gasteiger partial charge on any atom is -0.464 e. The monoisotopic (exact) mass is 357 g/mol. The second-order valence-corrected chi connectivity index (χ2v) is 6.35. The van der Waals surface area contributed by atoms with Crippen LogP contribution in [0.2, 0.25) is 0 Å². The van der Waals surface area contributed by atoms with Crippen molar-refractivity contribution in [1.82, 2.24) is 5.32 Å². The van der Waals surface area contributed by atoms with Crippen LogP contribution in [0.25, 0.3) is 22.1 Å². The SMILES string of the molecule is O=C(NC[C@H](O)c1ccc(-c2ccco2)cc1)c1cccc2ccccc12. The molecule has 0 fully saturated rings. The summed E-state index contributed by atoms with van der Waals surface area (Å²) in [5, 5.41) is 15.1. The molecule has 0 saturated heterocycles. The van der Waals surface area contributed by atoms with Crippen LogP contribution in [0.1, 0.15) is 22.0 Å². The molecule has 0 aliphatic carbocycles. The van der Waals surface area contributed by atoms with E-state index in [4.69, 9.17) is 4.42 Å². The van der Waals surface area contributed by atoms with E-state index >= 15 is 0 Å². The number of amides is 1. The van der Waals surface area contributed by atoms with Crippen molar-refractivity contribution in [2.75, 3.05) is 6.54 Å². The van der Waals surface area contributed by atoms with Gasteiger partial charge in [-0.2, -0.15) is 0 Å². The van der Waals surface area contributed by atoms with E-state index in [1.807, 2.05) is 72.8 Å². The lowest BCUT2D eigenvalue weighted by atomic mass is 10.0. The molecule has 1 aromatic heterocycles. The molecule has 0 unspecified atom stereocenters. The normalized spacial score (nSPS) is 12.0. The number of benzene rings is 3. The number of carbonyl (C=O) groups is 1. The molecule has 1 heterocycles. The maximum Gasteiger partial charge on any atom is 0.252 e. The Kier molecular flexibility index (Phi) is 4.73. The zero-order valence-electron chi connectivity index (χ0n) is 14.6. The van der Waals surface area contributed by atoms with Crippen LogP contribution in [0.5, 0.6) is 0 Å². The standard InChI is InChI=1S/C23H19NO3/c25-21(17-10-12-18(13-11-17)22-9-4-14-27-22)15-24-23(26)20-8-3-6-16-5-1-2-7-19(16)20/h1-14,21,25H,15H2,(H,24,26)/t21-/m0/s1. The van der Waals surface area contributed by atoms with E-state index in [1.165, 1.54) is 0 Å². The summed E-state index contributed by atoms with van der Waals surface area (Å²) in [6.45, 7) is 0.141. The molecule has 4 nitrogen and oxygen atoms in total. The molecule has 0 bridgehead atoms. The molecule has 134 valence electrons. The van der Waals surface area contributed by atoms with Crippen molar-refractivity contribution in [2.24, 2.45) is 0 Å². The minimum absolute atomic E-state index is 0.141. The van der Waals surface area contributed by atoms with Gasteiger partial charge in [-0.05, 0) is 34.5 Å². The number of rotatable bonds is 5. The van der Waals surface area contributed by atoms with Crippen molar-refractivity contribution < 1.29 is 14.3 Å². The smallest absolute Gasteiger partial charge is 0.252 e. The summed E-state index contributed by atoms with van der Waals surface area (Å²) >= 11 is 0. The summed E-state index contributed by atoms with van der Waals surface area (Å²) < 4.78 is 5.36. The van der Waals surface area contributed by atoms with Crippen LogP contribution >= 0.6 is 0 Å². The molecule has 1 amide bonds. The average Bonchev–Trinajstić information content (AvgIpc) is 3.26. The highest BCUT2D eigenvalue weighted by Crippen LogP contribution is 2.23. The van der Waals surface area contributed by atoms with Gasteiger partial charge in [-0.15, -0.1) is 0 Å². The lowest BCUT2D eigenvalue weighted by Gasteiger charge is -2.13. The van der Waals surface area contributed by atoms with Gasteiger partial charge in [-0.1, -0.05) is 60.7 Å². The van der Waals surface area contributed by atoms with Gasteiger partial charge in [0.1, 0.15) is 5.76 Å². The van der Waals surface area contributed by atoms with Crippen LogP contribution in [0.15, 0.2) is 89.5 Å². The Morgan fingerprint density at radius 3 is 2.48 bits per heavy atom. The summed E-state index contributed by atoms with van der Waals surface area (Å²) in [7, 11) is 0. The number of hydrogen-bond donors (Lipinski definition) is 2. The molecule has 0 aliphatic rings. The Hall–Kier alpha value is -3.37. The topological polar surface area (TPSA) is 62.5 Å². The van der Waals surface area contributed by atoms with Gasteiger partial charge in [-0.3, -0.25) is 4.79 Å². The summed E-state index contributed by atoms with van der Waals surface area (Å²) in [5.74, 6) is 0.582. The fourth-order valence-electron chi connectivity index (χ4n) is 3.14. The van der Waals surface area contributed by atoms with Crippen LogP contribution in [0.4, 0.5) is 0 Å². The molecule has 2 N–H and O–H groups in total. The first-order chi connectivity index (χ1) is 13.2. The molecule has 0 radical (unpaired) electrons. The Bertz CT molecular complexity index is 1050. The molecule has 0 spiro atoms. The quantitative estimate of drug-likeness (QED) is 0.550. The zero-order chi connectivity index (χ0) is 18.6. The van der Waals surface area contributed by atoms with E-state index in [9.17, 15) is 9.90 Å². The second-order valence-electron chi connectivity index (χ2n) is 6.35. The number of furan rings is 1. The van der Waals surface area contributed by atoms with Crippen LogP contribution in [0, 0.1) is 0 Å². The van der Waals surface area contributed by atoms with Gasteiger partial charge in [-0.25, -0.2) is 0 Å². The van der Waals surface area contributed by atoms with Crippen molar-refractivity contribution in [1.29, 1.82) is 0 Å². The molecule has 4 aromatic rings. The lowest BCUT2D eigenvalue weighted by molar-refractivity contribution is 0.0918. The molecular weight excluding hydrogens is 338 g/mol. The van der Waals surface area contributed by atoms with E-state index in [0.717, 1.165) is 27.7 Å². The number of hydrogen-bond acceptors (Lipinski definition) is 3. The molecule has 27 heavy (non-hydrogen) atoms. The van der Waals surface area contributed by atoms with E-state index in [0.29, 0.717) is 5.56 Å². The molecule has 4 rings (SSSR count). The van der Waals surface area contributed by atoms with Crippen molar-refractivity contribution in [3.63, 3.8) is 0 Å². The third-order valence-electron chi connectivity index (χ3n) is 4.59. The summed E-state index contributed by atoms with van der Waals surface area (Å²) in [6, 6.07) is 24.6. The number of fused-ring (bicyclic) bond motifs is 1. The van der Waals surface area contributed by atoms with Crippen molar-refractivity contribution in [3.8, 4) is 11.3 Å². The maximum absolute atomic E-state index is 12.6. The Balaban J connectivity index is 1.44. The van der Waals surface area contributed by atoms with E-state index in [-0.39, 0.29) is 12.5 Å². The predicted molar refractivity (Wildman–Crippen MR) is 105 cm³/mol. The van der Waals surface area contributed by atoms with E-state index in [2.05, 4.69) is 5.32 Å². The minimum atomic E-state index is -0.783. The molecule has 4 heteroatoms. The largest absolute Gasteiger partial charge is 0.464 e. The Morgan fingerprint density at radius 2 is 1.70 bits per heavy atom. The van der Waals surface area contributed by atoms with Gasteiger partial charge in [0.15, 0.2) is 0 Å². The Morgan fingerprint density at radius 1 is 0.926 bits per heavy atom. The third kappa shape index (κ3) is 3.61. The van der Waals surface area contributed by atoms with Gasteiger partial charge in [0.25, 0.3) is 5.91 Å². The van der Waals surface area contributed by atoms with Crippen molar-refractivity contribution >= 4 is 16.7 Å². The third-order valence-corrected chi connectivity index (χ3v) is 4.59. The lowest BCUT2D eigenvalue weighted by Crippen LogP contribution is -2.28. The fraction of sp³-hybridized carbons (Fsp3) is 0.0870. The van der Waals surface area contributed by atoms with Gasteiger partial charge in [0.05, 0.1) is 12.4 Å².